The number of rotatable bonds is 9. The summed E-state index contributed by atoms with van der Waals surface area (Å²) in [5.74, 6) is -0.296. The van der Waals surface area contributed by atoms with Crippen molar-refractivity contribution in [1.29, 1.82) is 0 Å². The summed E-state index contributed by atoms with van der Waals surface area (Å²) in [6.45, 7) is 18.2. The third-order valence-corrected chi connectivity index (χ3v) is 5.15. The second-order valence-electron chi connectivity index (χ2n) is 8.96. The third kappa shape index (κ3) is 6.54. The van der Waals surface area contributed by atoms with Gasteiger partial charge in [0, 0.05) is 5.41 Å². The molecule has 5 heteroatoms. The van der Waals surface area contributed by atoms with Crippen LogP contribution in [0.3, 0.4) is 0 Å². The number of esters is 1. The van der Waals surface area contributed by atoms with Crippen LogP contribution in [-0.2, 0) is 23.7 Å². The topological polar surface area (TPSA) is 54.0 Å². The summed E-state index contributed by atoms with van der Waals surface area (Å²) >= 11 is 0. The zero-order valence-corrected chi connectivity index (χ0v) is 17.4. The summed E-state index contributed by atoms with van der Waals surface area (Å²) in [6, 6.07) is 0. The molecule has 1 saturated heterocycles. The molecule has 0 aromatic carbocycles. The molecule has 0 N–H and O–H groups in total. The van der Waals surface area contributed by atoms with Crippen LogP contribution < -0.4 is 0 Å². The van der Waals surface area contributed by atoms with E-state index in [0.717, 1.165) is 12.8 Å². The lowest BCUT2D eigenvalue weighted by Gasteiger charge is -2.44. The molecule has 0 amide bonds. The van der Waals surface area contributed by atoms with E-state index in [1.807, 2.05) is 13.8 Å². The van der Waals surface area contributed by atoms with Crippen molar-refractivity contribution in [3.05, 3.63) is 0 Å². The molecule has 0 unspecified atom stereocenters. The van der Waals surface area contributed by atoms with Crippen LogP contribution in [0, 0.1) is 16.7 Å². The first-order chi connectivity index (χ1) is 11.5. The Hall–Kier alpha value is -0.650. The molecule has 5 nitrogen and oxygen atoms in total. The SMILES string of the molecule is CCC1(COC(=O)C(C)C)COC(C(C)(C)COC(C)(C)CC)OC1. The molecule has 1 fully saturated rings. The van der Waals surface area contributed by atoms with Crippen molar-refractivity contribution >= 4 is 5.97 Å². The third-order valence-electron chi connectivity index (χ3n) is 5.15. The molecule has 1 rings (SSSR count). The average Bonchev–Trinajstić information content (AvgIpc) is 2.58. The van der Waals surface area contributed by atoms with Crippen LogP contribution in [0.5, 0.6) is 0 Å². The van der Waals surface area contributed by atoms with Crippen LogP contribution in [0.4, 0.5) is 0 Å². The Bertz CT molecular complexity index is 420. The number of carbonyl (C=O) groups excluding carboxylic acids is 1. The molecular formula is C20H38O5. The summed E-state index contributed by atoms with van der Waals surface area (Å²) < 4.78 is 23.6. The van der Waals surface area contributed by atoms with Gasteiger partial charge in [-0.3, -0.25) is 4.79 Å². The van der Waals surface area contributed by atoms with Gasteiger partial charge < -0.3 is 18.9 Å². The fourth-order valence-corrected chi connectivity index (χ4v) is 2.38. The number of carbonyl (C=O) groups is 1. The quantitative estimate of drug-likeness (QED) is 0.579. The van der Waals surface area contributed by atoms with Crippen LogP contribution in [0.25, 0.3) is 0 Å². The summed E-state index contributed by atoms with van der Waals surface area (Å²) in [7, 11) is 0. The van der Waals surface area contributed by atoms with Crippen LogP contribution >= 0.6 is 0 Å². The largest absolute Gasteiger partial charge is 0.465 e. The lowest BCUT2D eigenvalue weighted by molar-refractivity contribution is -0.285. The second-order valence-corrected chi connectivity index (χ2v) is 8.96. The lowest BCUT2D eigenvalue weighted by atomic mass is 9.85. The smallest absolute Gasteiger partial charge is 0.308 e. The van der Waals surface area contributed by atoms with Gasteiger partial charge in [0.15, 0.2) is 6.29 Å². The van der Waals surface area contributed by atoms with Gasteiger partial charge >= 0.3 is 5.97 Å². The predicted molar refractivity (Wildman–Crippen MR) is 98.3 cm³/mol. The Morgan fingerprint density at radius 3 is 2.16 bits per heavy atom. The standard InChI is InChI=1S/C20H38O5/c1-9-19(7,8)25-11-18(5,6)17-23-13-20(10-2,14-24-17)12-22-16(21)15(3)4/h15,17H,9-14H2,1-8H3. The van der Waals surface area contributed by atoms with E-state index in [9.17, 15) is 4.79 Å². The zero-order valence-electron chi connectivity index (χ0n) is 17.4. The summed E-state index contributed by atoms with van der Waals surface area (Å²) in [4.78, 5) is 11.8. The first kappa shape index (κ1) is 22.4. The van der Waals surface area contributed by atoms with Gasteiger partial charge in [-0.25, -0.2) is 0 Å². The van der Waals surface area contributed by atoms with Crippen molar-refractivity contribution in [3.8, 4) is 0 Å². The predicted octanol–water partition coefficient (Wildman–Crippen LogP) is 4.19. The van der Waals surface area contributed by atoms with Crippen LogP contribution in [-0.4, -0.2) is 44.3 Å². The maximum Gasteiger partial charge on any atom is 0.308 e. The maximum atomic E-state index is 11.8. The highest BCUT2D eigenvalue weighted by atomic mass is 16.7. The lowest BCUT2D eigenvalue weighted by Crippen LogP contribution is -2.51. The van der Waals surface area contributed by atoms with Crippen molar-refractivity contribution in [3.63, 3.8) is 0 Å². The number of hydrogen-bond donors (Lipinski definition) is 0. The fraction of sp³-hybridized carbons (Fsp3) is 0.950. The molecule has 0 radical (unpaired) electrons. The Morgan fingerprint density at radius 2 is 1.72 bits per heavy atom. The summed E-state index contributed by atoms with van der Waals surface area (Å²) in [5.41, 5.74) is -0.661. The van der Waals surface area contributed by atoms with Gasteiger partial charge in [0.05, 0.1) is 36.8 Å². The van der Waals surface area contributed by atoms with Crippen LogP contribution in [0.15, 0.2) is 0 Å². The summed E-state index contributed by atoms with van der Waals surface area (Å²) in [6.07, 6.45) is 1.47. The molecule has 1 aliphatic heterocycles. The first-order valence-corrected chi connectivity index (χ1v) is 9.51. The molecule has 0 spiro atoms. The van der Waals surface area contributed by atoms with Crippen molar-refractivity contribution in [2.75, 3.05) is 26.4 Å². The van der Waals surface area contributed by atoms with Gasteiger partial charge in [0.2, 0.25) is 0 Å². The minimum absolute atomic E-state index is 0.120. The molecule has 0 aromatic rings. The van der Waals surface area contributed by atoms with Gasteiger partial charge in [0.1, 0.15) is 6.61 Å². The van der Waals surface area contributed by atoms with Crippen molar-refractivity contribution < 1.29 is 23.7 Å². The molecule has 0 bridgehead atoms. The van der Waals surface area contributed by atoms with E-state index in [1.165, 1.54) is 0 Å². The van der Waals surface area contributed by atoms with E-state index in [4.69, 9.17) is 18.9 Å². The Labute approximate surface area is 153 Å². The molecule has 25 heavy (non-hydrogen) atoms. The molecule has 1 heterocycles. The molecule has 0 aromatic heterocycles. The van der Waals surface area contributed by atoms with E-state index in [-0.39, 0.29) is 34.6 Å². The van der Waals surface area contributed by atoms with Gasteiger partial charge in [-0.1, -0.05) is 41.5 Å². The second kappa shape index (κ2) is 8.83. The van der Waals surface area contributed by atoms with Gasteiger partial charge in [0.25, 0.3) is 0 Å². The highest BCUT2D eigenvalue weighted by molar-refractivity contribution is 5.71. The van der Waals surface area contributed by atoms with Gasteiger partial charge in [-0.05, 0) is 26.7 Å². The Morgan fingerprint density at radius 1 is 1.16 bits per heavy atom. The van der Waals surface area contributed by atoms with Crippen LogP contribution in [0.2, 0.25) is 0 Å². The van der Waals surface area contributed by atoms with Gasteiger partial charge in [-0.2, -0.15) is 0 Å². The van der Waals surface area contributed by atoms with E-state index < -0.39 is 0 Å². The Kier molecular flexibility index (Phi) is 7.91. The minimum atomic E-state index is -0.319. The molecule has 1 aliphatic rings. The normalized spacial score (nSPS) is 25.2. The highest BCUT2D eigenvalue weighted by Crippen LogP contribution is 2.36. The maximum absolute atomic E-state index is 11.8. The Balaban J connectivity index is 2.58. The molecular weight excluding hydrogens is 320 g/mol. The average molecular weight is 359 g/mol. The fourth-order valence-electron chi connectivity index (χ4n) is 2.38. The van der Waals surface area contributed by atoms with Gasteiger partial charge in [-0.15, -0.1) is 0 Å². The molecule has 0 aliphatic carbocycles. The molecule has 0 saturated carbocycles. The number of hydrogen-bond acceptors (Lipinski definition) is 5. The van der Waals surface area contributed by atoms with Crippen LogP contribution in [0.1, 0.15) is 68.2 Å². The van der Waals surface area contributed by atoms with Crippen molar-refractivity contribution in [2.24, 2.45) is 16.7 Å². The van der Waals surface area contributed by atoms with E-state index in [0.29, 0.717) is 26.4 Å². The van der Waals surface area contributed by atoms with E-state index >= 15 is 0 Å². The monoisotopic (exact) mass is 358 g/mol. The first-order valence-electron chi connectivity index (χ1n) is 9.51. The minimum Gasteiger partial charge on any atom is -0.465 e. The highest BCUT2D eigenvalue weighted by Gasteiger charge is 2.43. The van der Waals surface area contributed by atoms with Crippen molar-refractivity contribution in [1.82, 2.24) is 0 Å². The van der Waals surface area contributed by atoms with E-state index in [1.54, 1.807) is 0 Å². The van der Waals surface area contributed by atoms with Crippen molar-refractivity contribution in [2.45, 2.75) is 80.1 Å². The van der Waals surface area contributed by atoms with E-state index in [2.05, 4.69) is 41.5 Å². The zero-order chi connectivity index (χ0) is 19.3. The summed E-state index contributed by atoms with van der Waals surface area (Å²) in [5, 5.41) is 0. The number of ether oxygens (including phenoxy) is 4. The molecule has 0 atom stereocenters. The molecule has 148 valence electrons.